The fraction of sp³-hybridized carbons (Fsp3) is 0.176. The van der Waals surface area contributed by atoms with Gasteiger partial charge in [0.25, 0.3) is 0 Å². The standard InChI is InChI=1S/C24H22N8S.C8H7NO3.C2H6/c1-33-30-19-14-20(31-12-4-11-27-31)28-24-21(19)29-23(18-7-3-10-26-22(18)25)32(24)17-9-8-15-5-2-6-16(15)13-17;9-8(12)5-1-2-7(11)6(3-5)4-10;1-2/h3-4,7-14H,2,5-6H2,1H3,(H2,25,26)(H,28,30);1-4,11H,(H2,9,12);1-2H3. The molecule has 0 unspecified atom stereocenters. The summed E-state index contributed by atoms with van der Waals surface area (Å²) in [7, 11) is 0. The molecule has 0 saturated heterocycles. The summed E-state index contributed by atoms with van der Waals surface area (Å²) in [5.41, 5.74) is 18.4. The van der Waals surface area contributed by atoms with Crippen LogP contribution in [0.5, 0.6) is 5.75 Å². The van der Waals surface area contributed by atoms with Gasteiger partial charge in [0.05, 0.1) is 16.8 Å². The highest BCUT2D eigenvalue weighted by Gasteiger charge is 2.23. The zero-order valence-corrected chi connectivity index (χ0v) is 27.0. The van der Waals surface area contributed by atoms with Crippen LogP contribution in [0.1, 0.15) is 52.1 Å². The number of aromatic nitrogens is 6. The van der Waals surface area contributed by atoms with Gasteiger partial charge in [-0.3, -0.25) is 14.2 Å². The first kappa shape index (κ1) is 32.7. The average Bonchev–Trinajstić information content (AvgIpc) is 3.87. The number of pyridine rings is 2. The smallest absolute Gasteiger partial charge is 0.248 e. The van der Waals surface area contributed by atoms with Gasteiger partial charge in [-0.1, -0.05) is 31.9 Å². The number of nitrogens with two attached hydrogens (primary N) is 2. The quantitative estimate of drug-likeness (QED) is 0.123. The zero-order chi connectivity index (χ0) is 33.5. The number of nitrogens with one attached hydrogen (secondary N) is 1. The molecule has 2 aromatic carbocycles. The van der Waals surface area contributed by atoms with Crippen LogP contribution in [0.15, 0.2) is 79.3 Å². The minimum atomic E-state index is -0.627. The largest absolute Gasteiger partial charge is 0.507 e. The number of hydrogen-bond acceptors (Lipinski definition) is 10. The number of imidazole rings is 1. The molecule has 1 amide bonds. The Morgan fingerprint density at radius 3 is 2.53 bits per heavy atom. The third-order valence-corrected chi connectivity index (χ3v) is 7.84. The van der Waals surface area contributed by atoms with Crippen molar-refractivity contribution in [2.75, 3.05) is 16.7 Å². The van der Waals surface area contributed by atoms with Gasteiger partial charge in [-0.2, -0.15) is 5.10 Å². The number of primary amides is 1. The molecule has 13 heteroatoms. The van der Waals surface area contributed by atoms with Crippen molar-refractivity contribution < 1.29 is 14.7 Å². The van der Waals surface area contributed by atoms with Gasteiger partial charge >= 0.3 is 0 Å². The number of phenolic OH excluding ortho intramolecular Hbond substituents is 1. The predicted octanol–water partition coefficient (Wildman–Crippen LogP) is 5.76. The van der Waals surface area contributed by atoms with Crippen LogP contribution >= 0.6 is 11.9 Å². The summed E-state index contributed by atoms with van der Waals surface area (Å²) in [6, 6.07) is 18.1. The van der Waals surface area contributed by atoms with E-state index in [1.165, 1.54) is 47.7 Å². The third kappa shape index (κ3) is 6.79. The number of amides is 1. The van der Waals surface area contributed by atoms with Crippen molar-refractivity contribution in [1.82, 2.24) is 29.3 Å². The van der Waals surface area contributed by atoms with Crippen LogP contribution in [0, 0.1) is 0 Å². The summed E-state index contributed by atoms with van der Waals surface area (Å²) in [6.07, 6.45) is 11.2. The van der Waals surface area contributed by atoms with E-state index in [4.69, 9.17) is 26.5 Å². The van der Waals surface area contributed by atoms with Gasteiger partial charge in [-0.05, 0) is 78.9 Å². The molecule has 0 bridgehead atoms. The Balaban J connectivity index is 0.000000262. The van der Waals surface area contributed by atoms with Crippen molar-refractivity contribution in [1.29, 1.82) is 0 Å². The second kappa shape index (κ2) is 14.6. The Bertz CT molecular complexity index is 2040. The number of rotatable bonds is 7. The van der Waals surface area contributed by atoms with Gasteiger partial charge in [0.2, 0.25) is 5.91 Å². The number of hydrogen-bond donors (Lipinski definition) is 4. The number of anilines is 2. The average molecular weight is 650 g/mol. The van der Waals surface area contributed by atoms with E-state index >= 15 is 0 Å². The van der Waals surface area contributed by atoms with Crippen LogP contribution in [0.3, 0.4) is 0 Å². The van der Waals surface area contributed by atoms with Crippen LogP contribution in [-0.4, -0.2) is 52.9 Å². The predicted molar refractivity (Wildman–Crippen MR) is 186 cm³/mol. The molecule has 12 nitrogen and oxygen atoms in total. The normalized spacial score (nSPS) is 11.6. The third-order valence-electron chi connectivity index (χ3n) is 7.41. The highest BCUT2D eigenvalue weighted by Crippen LogP contribution is 2.36. The number of nitrogen functional groups attached to an aromatic ring is 1. The van der Waals surface area contributed by atoms with E-state index in [9.17, 15) is 9.59 Å². The lowest BCUT2D eigenvalue weighted by atomic mass is 10.1. The van der Waals surface area contributed by atoms with Gasteiger partial charge in [-0.15, -0.1) is 0 Å². The molecular formula is C34H35N9O3S. The SMILES string of the molecule is CC.CSNc1cc(-n2cccn2)nc2c1nc(-c1cccnc1N)n2-c1ccc2c(c1)CCC2.NC(=O)c1ccc(O)c(C=O)c1. The summed E-state index contributed by atoms with van der Waals surface area (Å²) in [6.45, 7) is 4.00. The first-order valence-electron chi connectivity index (χ1n) is 15.0. The molecule has 240 valence electrons. The molecular weight excluding hydrogens is 615 g/mol. The van der Waals surface area contributed by atoms with Gasteiger partial charge < -0.3 is 21.3 Å². The van der Waals surface area contributed by atoms with Crippen molar-refractivity contribution in [2.45, 2.75) is 33.1 Å². The monoisotopic (exact) mass is 649 g/mol. The van der Waals surface area contributed by atoms with E-state index in [1.54, 1.807) is 17.1 Å². The molecule has 6 N–H and O–H groups in total. The van der Waals surface area contributed by atoms with Crippen LogP contribution in [0.25, 0.3) is 34.1 Å². The zero-order valence-electron chi connectivity index (χ0n) is 26.2. The van der Waals surface area contributed by atoms with Crippen molar-refractivity contribution >= 4 is 46.8 Å². The number of nitrogens with zero attached hydrogens (tertiary/aromatic N) is 6. The van der Waals surface area contributed by atoms with E-state index < -0.39 is 5.91 Å². The van der Waals surface area contributed by atoms with Crippen molar-refractivity contribution in [3.63, 3.8) is 0 Å². The molecule has 4 heterocycles. The minimum Gasteiger partial charge on any atom is -0.507 e. The van der Waals surface area contributed by atoms with E-state index in [0.29, 0.717) is 23.7 Å². The molecule has 0 radical (unpaired) electrons. The van der Waals surface area contributed by atoms with E-state index in [-0.39, 0.29) is 16.9 Å². The summed E-state index contributed by atoms with van der Waals surface area (Å²) < 4.78 is 7.20. The summed E-state index contributed by atoms with van der Waals surface area (Å²) in [4.78, 5) is 35.2. The van der Waals surface area contributed by atoms with E-state index in [1.807, 2.05) is 50.6 Å². The summed E-state index contributed by atoms with van der Waals surface area (Å²) in [5, 5.41) is 13.4. The summed E-state index contributed by atoms with van der Waals surface area (Å²) in [5.74, 6) is 1.06. The topological polar surface area (TPSA) is 180 Å². The van der Waals surface area contributed by atoms with Crippen LogP contribution in [0.4, 0.5) is 11.5 Å². The molecule has 0 spiro atoms. The van der Waals surface area contributed by atoms with Crippen molar-refractivity contribution in [3.8, 4) is 28.6 Å². The lowest BCUT2D eigenvalue weighted by Gasteiger charge is -2.13. The number of carbonyl (C=O) groups is 2. The van der Waals surface area contributed by atoms with Gasteiger partial charge in [-0.25, -0.2) is 19.6 Å². The molecule has 0 fully saturated rings. The van der Waals surface area contributed by atoms with E-state index in [0.717, 1.165) is 40.9 Å². The first-order chi connectivity index (χ1) is 22.9. The second-order valence-corrected chi connectivity index (χ2v) is 10.8. The molecule has 0 saturated carbocycles. The van der Waals surface area contributed by atoms with Crippen LogP contribution < -0.4 is 16.2 Å². The Morgan fingerprint density at radius 1 is 1.02 bits per heavy atom. The highest BCUT2D eigenvalue weighted by atomic mass is 32.2. The lowest BCUT2D eigenvalue weighted by molar-refractivity contribution is 0.1000. The Hall–Kier alpha value is -5.69. The minimum absolute atomic E-state index is 0.0614. The fourth-order valence-corrected chi connectivity index (χ4v) is 5.65. The van der Waals surface area contributed by atoms with Crippen molar-refractivity contribution in [2.24, 2.45) is 5.73 Å². The Labute approximate surface area is 276 Å². The van der Waals surface area contributed by atoms with Gasteiger partial charge in [0.15, 0.2) is 23.6 Å². The lowest BCUT2D eigenvalue weighted by Crippen LogP contribution is -2.10. The second-order valence-electron chi connectivity index (χ2n) is 10.2. The number of fused-ring (bicyclic) bond motifs is 2. The molecule has 1 aliphatic carbocycles. The number of aromatic hydroxyl groups is 1. The fourth-order valence-electron chi connectivity index (χ4n) is 5.27. The van der Waals surface area contributed by atoms with Gasteiger partial charge in [0, 0.05) is 42.2 Å². The number of carbonyl (C=O) groups excluding carboxylic acids is 2. The molecule has 0 aliphatic heterocycles. The number of aryl methyl sites for hydroxylation is 2. The summed E-state index contributed by atoms with van der Waals surface area (Å²) >= 11 is 1.51. The number of aldehydes is 1. The van der Waals surface area contributed by atoms with Crippen LogP contribution in [0.2, 0.25) is 0 Å². The van der Waals surface area contributed by atoms with Gasteiger partial charge in [0.1, 0.15) is 17.1 Å². The maximum atomic E-state index is 10.6. The maximum Gasteiger partial charge on any atom is 0.248 e. The highest BCUT2D eigenvalue weighted by molar-refractivity contribution is 7.99. The molecule has 7 rings (SSSR count). The first-order valence-corrected chi connectivity index (χ1v) is 16.2. The molecule has 1 aliphatic rings. The molecule has 6 aromatic rings. The van der Waals surface area contributed by atoms with Crippen LogP contribution in [-0.2, 0) is 12.8 Å². The Morgan fingerprint density at radius 2 is 1.83 bits per heavy atom. The molecule has 47 heavy (non-hydrogen) atoms. The van der Waals surface area contributed by atoms with Crippen molar-refractivity contribution in [3.05, 3.63) is 102 Å². The molecule has 0 atom stereocenters. The van der Waals surface area contributed by atoms with E-state index in [2.05, 4.69) is 37.6 Å². The number of benzene rings is 2. The Kier molecular flexibility index (Phi) is 10.2. The molecule has 4 aromatic heterocycles. The maximum absolute atomic E-state index is 10.6. The number of phenols is 1.